The molecule has 0 saturated carbocycles. The van der Waals surface area contributed by atoms with E-state index in [1.165, 1.54) is 44.2 Å². The van der Waals surface area contributed by atoms with Crippen LogP contribution >= 0.6 is 0 Å². The molecule has 0 aromatic carbocycles. The summed E-state index contributed by atoms with van der Waals surface area (Å²) in [7, 11) is 0. The standard InChI is InChI=1S/C16H25NO2/c18-16(19)13-8-6-4-2-1-3-5-7-11-15-12-9-10-14-17-15/h9-10,12,14H,1-8,11,13H2,(H,18,19). The Morgan fingerprint density at radius 1 is 0.947 bits per heavy atom. The molecule has 1 aromatic rings. The van der Waals surface area contributed by atoms with Crippen LogP contribution in [0.4, 0.5) is 0 Å². The molecular weight excluding hydrogens is 238 g/mol. The van der Waals surface area contributed by atoms with Gasteiger partial charge in [0.1, 0.15) is 0 Å². The average molecular weight is 263 g/mol. The molecule has 106 valence electrons. The molecule has 3 heteroatoms. The number of pyridine rings is 1. The van der Waals surface area contributed by atoms with Crippen molar-refractivity contribution in [2.45, 2.75) is 64.2 Å². The number of nitrogens with zero attached hydrogens (tertiary/aromatic N) is 1. The first-order valence-electron chi connectivity index (χ1n) is 7.41. The molecule has 0 bridgehead atoms. The van der Waals surface area contributed by atoms with Crippen molar-refractivity contribution in [3.8, 4) is 0 Å². The van der Waals surface area contributed by atoms with E-state index in [-0.39, 0.29) is 0 Å². The van der Waals surface area contributed by atoms with Crippen LogP contribution in [-0.4, -0.2) is 16.1 Å². The molecule has 0 aliphatic rings. The summed E-state index contributed by atoms with van der Waals surface area (Å²) in [6, 6.07) is 6.08. The number of hydrogen-bond donors (Lipinski definition) is 1. The van der Waals surface area contributed by atoms with Gasteiger partial charge < -0.3 is 5.11 Å². The summed E-state index contributed by atoms with van der Waals surface area (Å²) in [6.07, 6.45) is 12.6. The van der Waals surface area contributed by atoms with E-state index in [0.717, 1.165) is 19.3 Å². The van der Waals surface area contributed by atoms with Crippen LogP contribution in [-0.2, 0) is 11.2 Å². The van der Waals surface area contributed by atoms with Gasteiger partial charge in [-0.3, -0.25) is 9.78 Å². The summed E-state index contributed by atoms with van der Waals surface area (Å²) in [5.41, 5.74) is 1.19. The number of aliphatic carboxylic acids is 1. The molecule has 0 saturated heterocycles. The second-order valence-corrected chi connectivity index (χ2v) is 5.04. The molecular formula is C16H25NO2. The smallest absolute Gasteiger partial charge is 0.303 e. The van der Waals surface area contributed by atoms with Gasteiger partial charge in [-0.15, -0.1) is 0 Å². The molecule has 0 unspecified atom stereocenters. The van der Waals surface area contributed by atoms with Crippen LogP contribution in [0.3, 0.4) is 0 Å². The molecule has 1 aromatic heterocycles. The summed E-state index contributed by atoms with van der Waals surface area (Å²) in [5, 5.41) is 8.50. The molecule has 1 rings (SSSR count). The van der Waals surface area contributed by atoms with Crippen LogP contribution < -0.4 is 0 Å². The van der Waals surface area contributed by atoms with E-state index in [2.05, 4.69) is 11.1 Å². The fourth-order valence-electron chi connectivity index (χ4n) is 2.19. The first-order valence-corrected chi connectivity index (χ1v) is 7.41. The summed E-state index contributed by atoms with van der Waals surface area (Å²) in [6.45, 7) is 0. The van der Waals surface area contributed by atoms with E-state index >= 15 is 0 Å². The van der Waals surface area contributed by atoms with Gasteiger partial charge in [-0.1, -0.05) is 44.6 Å². The quantitative estimate of drug-likeness (QED) is 0.608. The third-order valence-corrected chi connectivity index (χ3v) is 3.30. The molecule has 3 nitrogen and oxygen atoms in total. The summed E-state index contributed by atoms with van der Waals surface area (Å²) < 4.78 is 0. The summed E-state index contributed by atoms with van der Waals surface area (Å²) in [5.74, 6) is -0.672. The third-order valence-electron chi connectivity index (χ3n) is 3.30. The second-order valence-electron chi connectivity index (χ2n) is 5.04. The van der Waals surface area contributed by atoms with Crippen molar-refractivity contribution in [3.63, 3.8) is 0 Å². The molecule has 1 heterocycles. The molecule has 0 amide bonds. The van der Waals surface area contributed by atoms with Crippen LogP contribution in [0.5, 0.6) is 0 Å². The average Bonchev–Trinajstić information content (AvgIpc) is 2.42. The van der Waals surface area contributed by atoms with E-state index in [1.54, 1.807) is 0 Å². The van der Waals surface area contributed by atoms with E-state index in [4.69, 9.17) is 5.11 Å². The molecule has 1 N–H and O–H groups in total. The molecule has 0 radical (unpaired) electrons. The Hall–Kier alpha value is -1.38. The lowest BCUT2D eigenvalue weighted by atomic mass is 10.1. The highest BCUT2D eigenvalue weighted by Gasteiger charge is 1.97. The van der Waals surface area contributed by atoms with Gasteiger partial charge in [-0.05, 0) is 31.4 Å². The number of rotatable bonds is 11. The van der Waals surface area contributed by atoms with Crippen molar-refractivity contribution >= 4 is 5.97 Å². The Labute approximate surface area is 116 Å². The highest BCUT2D eigenvalue weighted by Crippen LogP contribution is 2.11. The number of aromatic nitrogens is 1. The topological polar surface area (TPSA) is 50.2 Å². The Morgan fingerprint density at radius 3 is 2.16 bits per heavy atom. The predicted octanol–water partition coefficient (Wildman–Crippen LogP) is 4.22. The number of carboxylic acids is 1. The van der Waals surface area contributed by atoms with E-state index in [0.29, 0.717) is 6.42 Å². The van der Waals surface area contributed by atoms with Gasteiger partial charge in [-0.25, -0.2) is 0 Å². The maximum Gasteiger partial charge on any atom is 0.303 e. The van der Waals surface area contributed by atoms with E-state index in [9.17, 15) is 4.79 Å². The lowest BCUT2D eigenvalue weighted by Gasteiger charge is -2.02. The van der Waals surface area contributed by atoms with Crippen LogP contribution in [0.1, 0.15) is 63.5 Å². The van der Waals surface area contributed by atoms with E-state index in [1.807, 2.05) is 18.3 Å². The fraction of sp³-hybridized carbons (Fsp3) is 0.625. The number of carboxylic acid groups (broad SMARTS) is 1. The zero-order chi connectivity index (χ0) is 13.8. The van der Waals surface area contributed by atoms with Gasteiger partial charge in [0, 0.05) is 18.3 Å². The van der Waals surface area contributed by atoms with Gasteiger partial charge in [0.2, 0.25) is 0 Å². The van der Waals surface area contributed by atoms with Gasteiger partial charge in [0.25, 0.3) is 0 Å². The molecule has 0 atom stereocenters. The lowest BCUT2D eigenvalue weighted by molar-refractivity contribution is -0.137. The monoisotopic (exact) mass is 263 g/mol. The number of unbranched alkanes of at least 4 members (excludes halogenated alkanes) is 7. The van der Waals surface area contributed by atoms with Gasteiger partial charge in [0.05, 0.1) is 0 Å². The van der Waals surface area contributed by atoms with Crippen molar-refractivity contribution < 1.29 is 9.90 Å². The van der Waals surface area contributed by atoms with Crippen LogP contribution in [0.15, 0.2) is 24.4 Å². The van der Waals surface area contributed by atoms with Gasteiger partial charge in [0.15, 0.2) is 0 Å². The normalized spacial score (nSPS) is 10.5. The molecule has 19 heavy (non-hydrogen) atoms. The summed E-state index contributed by atoms with van der Waals surface area (Å²) >= 11 is 0. The largest absolute Gasteiger partial charge is 0.481 e. The Kier molecular flexibility index (Phi) is 8.69. The first kappa shape index (κ1) is 15.7. The molecule has 0 fully saturated rings. The zero-order valence-electron chi connectivity index (χ0n) is 11.7. The van der Waals surface area contributed by atoms with Gasteiger partial charge in [-0.2, -0.15) is 0 Å². The highest BCUT2D eigenvalue weighted by molar-refractivity contribution is 5.66. The highest BCUT2D eigenvalue weighted by atomic mass is 16.4. The number of aryl methyl sites for hydroxylation is 1. The Bertz CT molecular complexity index is 338. The third kappa shape index (κ3) is 9.23. The minimum atomic E-state index is -0.672. The van der Waals surface area contributed by atoms with Crippen molar-refractivity contribution in [1.29, 1.82) is 0 Å². The number of carbonyl (C=O) groups is 1. The SMILES string of the molecule is O=C(O)CCCCCCCCCCc1ccccn1. The van der Waals surface area contributed by atoms with Crippen LogP contribution in [0.25, 0.3) is 0 Å². The maximum absolute atomic E-state index is 10.3. The van der Waals surface area contributed by atoms with Crippen LogP contribution in [0, 0.1) is 0 Å². The van der Waals surface area contributed by atoms with E-state index < -0.39 is 5.97 Å². The Balaban J connectivity index is 1.83. The first-order chi connectivity index (χ1) is 9.29. The Morgan fingerprint density at radius 2 is 1.58 bits per heavy atom. The molecule has 0 aliphatic heterocycles. The van der Waals surface area contributed by atoms with Crippen molar-refractivity contribution in [1.82, 2.24) is 4.98 Å². The maximum atomic E-state index is 10.3. The summed E-state index contributed by atoms with van der Waals surface area (Å²) in [4.78, 5) is 14.6. The minimum absolute atomic E-state index is 0.323. The molecule has 0 aliphatic carbocycles. The van der Waals surface area contributed by atoms with Gasteiger partial charge >= 0.3 is 5.97 Å². The predicted molar refractivity (Wildman–Crippen MR) is 77.1 cm³/mol. The fourth-order valence-corrected chi connectivity index (χ4v) is 2.19. The zero-order valence-corrected chi connectivity index (χ0v) is 11.7. The minimum Gasteiger partial charge on any atom is -0.481 e. The van der Waals surface area contributed by atoms with Crippen LogP contribution in [0.2, 0.25) is 0 Å². The van der Waals surface area contributed by atoms with Crippen molar-refractivity contribution in [2.75, 3.05) is 0 Å². The number of hydrogen-bond acceptors (Lipinski definition) is 2. The van der Waals surface area contributed by atoms with Crippen molar-refractivity contribution in [2.24, 2.45) is 0 Å². The van der Waals surface area contributed by atoms with Crippen molar-refractivity contribution in [3.05, 3.63) is 30.1 Å². The second kappa shape index (κ2) is 10.5. The lowest BCUT2D eigenvalue weighted by Crippen LogP contribution is -1.93. The molecule has 0 spiro atoms.